The minimum absolute atomic E-state index is 0.613. The first-order valence-electron chi connectivity index (χ1n) is 13.4. The summed E-state index contributed by atoms with van der Waals surface area (Å²) in [6.07, 6.45) is 0.815. The molecule has 0 aliphatic rings. The van der Waals surface area contributed by atoms with Crippen LogP contribution in [0.1, 0.15) is 10.4 Å². The number of hydrogen-bond donors (Lipinski definition) is 0. The third-order valence-electron chi connectivity index (χ3n) is 6.88. The normalized spacial score (nSPS) is 10.9. The van der Waals surface area contributed by atoms with E-state index in [-0.39, 0.29) is 0 Å². The summed E-state index contributed by atoms with van der Waals surface area (Å²) in [4.78, 5) is 13.1. The molecule has 0 aliphatic carbocycles. The molecule has 0 aliphatic heterocycles. The number of anilines is 3. The molecule has 0 aromatic heterocycles. The Hall–Kier alpha value is -5.61. The molecule has 196 valence electrons. The van der Waals surface area contributed by atoms with E-state index in [1.54, 1.807) is 24.3 Å². The van der Waals surface area contributed by atoms with Crippen LogP contribution < -0.4 is 4.90 Å². The Morgan fingerprint density at radius 2 is 0.732 bits per heavy atom. The second-order valence-electron chi connectivity index (χ2n) is 9.59. The van der Waals surface area contributed by atoms with E-state index in [4.69, 9.17) is 0 Å². The SMILES string of the molecule is O=Cc1ccc(N=Nc2ccc(N(c3ccc(-c4ccccc4)cc3)c3ccc(-c4ccccc4)cc3)cc2)cc1. The fourth-order valence-electron chi connectivity index (χ4n) is 4.72. The zero-order valence-corrected chi connectivity index (χ0v) is 22.3. The zero-order valence-electron chi connectivity index (χ0n) is 22.3. The summed E-state index contributed by atoms with van der Waals surface area (Å²) in [6.45, 7) is 0. The lowest BCUT2D eigenvalue weighted by Crippen LogP contribution is -2.09. The maximum atomic E-state index is 10.9. The molecule has 0 heterocycles. The minimum Gasteiger partial charge on any atom is -0.311 e. The second kappa shape index (κ2) is 12.1. The first-order chi connectivity index (χ1) is 20.3. The Balaban J connectivity index is 1.32. The number of benzene rings is 6. The van der Waals surface area contributed by atoms with Gasteiger partial charge in [0.05, 0.1) is 11.4 Å². The third kappa shape index (κ3) is 6.02. The smallest absolute Gasteiger partial charge is 0.150 e. The van der Waals surface area contributed by atoms with Crippen molar-refractivity contribution in [1.82, 2.24) is 0 Å². The molecule has 0 atom stereocenters. The molecule has 6 rings (SSSR count). The molecule has 0 amide bonds. The summed E-state index contributed by atoms with van der Waals surface area (Å²) >= 11 is 0. The highest BCUT2D eigenvalue weighted by Gasteiger charge is 2.13. The first-order valence-corrected chi connectivity index (χ1v) is 13.4. The van der Waals surface area contributed by atoms with Gasteiger partial charge in [0.15, 0.2) is 0 Å². The van der Waals surface area contributed by atoms with Crippen LogP contribution in [0.25, 0.3) is 22.3 Å². The summed E-state index contributed by atoms with van der Waals surface area (Å²) in [6, 6.07) is 53.1. The van der Waals surface area contributed by atoms with E-state index >= 15 is 0 Å². The Morgan fingerprint density at radius 1 is 0.390 bits per heavy atom. The van der Waals surface area contributed by atoms with Gasteiger partial charge < -0.3 is 4.90 Å². The lowest BCUT2D eigenvalue weighted by molar-refractivity contribution is 0.112. The van der Waals surface area contributed by atoms with E-state index < -0.39 is 0 Å². The molecule has 0 bridgehead atoms. The van der Waals surface area contributed by atoms with Gasteiger partial charge in [-0.2, -0.15) is 10.2 Å². The molecule has 4 nitrogen and oxygen atoms in total. The number of hydrogen-bond acceptors (Lipinski definition) is 4. The lowest BCUT2D eigenvalue weighted by Gasteiger charge is -2.26. The van der Waals surface area contributed by atoms with E-state index in [0.717, 1.165) is 29.0 Å². The van der Waals surface area contributed by atoms with Crippen LogP contribution >= 0.6 is 0 Å². The van der Waals surface area contributed by atoms with Crippen LogP contribution in [0.3, 0.4) is 0 Å². The van der Waals surface area contributed by atoms with Gasteiger partial charge in [0, 0.05) is 22.6 Å². The van der Waals surface area contributed by atoms with Crippen molar-refractivity contribution in [3.05, 3.63) is 163 Å². The predicted molar refractivity (Wildman–Crippen MR) is 168 cm³/mol. The summed E-state index contributed by atoms with van der Waals surface area (Å²) in [5.74, 6) is 0. The van der Waals surface area contributed by atoms with Crippen LogP contribution in [0.4, 0.5) is 28.4 Å². The van der Waals surface area contributed by atoms with Crippen molar-refractivity contribution in [2.45, 2.75) is 0 Å². The molecule has 0 unspecified atom stereocenters. The van der Waals surface area contributed by atoms with Crippen molar-refractivity contribution in [2.75, 3.05) is 4.90 Å². The fourth-order valence-corrected chi connectivity index (χ4v) is 4.72. The van der Waals surface area contributed by atoms with E-state index in [1.165, 1.54) is 22.3 Å². The van der Waals surface area contributed by atoms with Gasteiger partial charge in [-0.15, -0.1) is 0 Å². The Kier molecular flexibility index (Phi) is 7.55. The van der Waals surface area contributed by atoms with E-state index in [2.05, 4.69) is 124 Å². The summed E-state index contributed by atoms with van der Waals surface area (Å²) in [7, 11) is 0. The van der Waals surface area contributed by atoms with Crippen LogP contribution in [0, 0.1) is 0 Å². The summed E-state index contributed by atoms with van der Waals surface area (Å²) in [5.41, 5.74) is 9.90. The van der Waals surface area contributed by atoms with Gasteiger partial charge >= 0.3 is 0 Å². The predicted octanol–water partition coefficient (Wildman–Crippen LogP) is 10.7. The Morgan fingerprint density at radius 3 is 1.12 bits per heavy atom. The number of rotatable bonds is 8. The van der Waals surface area contributed by atoms with Gasteiger partial charge in [-0.1, -0.05) is 84.9 Å². The maximum absolute atomic E-state index is 10.9. The van der Waals surface area contributed by atoms with Gasteiger partial charge in [-0.05, 0) is 95.1 Å². The first kappa shape index (κ1) is 25.7. The van der Waals surface area contributed by atoms with Crippen LogP contribution in [-0.2, 0) is 0 Å². The van der Waals surface area contributed by atoms with Gasteiger partial charge in [-0.25, -0.2) is 0 Å². The standard InChI is InChI=1S/C37H27N3O/c41-27-28-11-17-33(18-12-28)38-39-34-19-25-37(26-20-34)40(35-21-13-31(14-22-35)29-7-3-1-4-8-29)36-23-15-32(16-24-36)30-9-5-2-6-10-30/h1-27H. The largest absolute Gasteiger partial charge is 0.311 e. The quantitative estimate of drug-likeness (QED) is 0.145. The highest BCUT2D eigenvalue weighted by Crippen LogP contribution is 2.37. The number of aldehydes is 1. The van der Waals surface area contributed by atoms with Crippen LogP contribution in [-0.4, -0.2) is 6.29 Å². The Labute approximate surface area is 239 Å². The molecule has 0 saturated carbocycles. The van der Waals surface area contributed by atoms with Gasteiger partial charge in [0.25, 0.3) is 0 Å². The molecule has 4 heteroatoms. The topological polar surface area (TPSA) is 45.0 Å². The van der Waals surface area contributed by atoms with Crippen molar-refractivity contribution in [3.8, 4) is 22.3 Å². The molecule has 0 spiro atoms. The molecule has 0 fully saturated rings. The van der Waals surface area contributed by atoms with Crippen molar-refractivity contribution in [3.63, 3.8) is 0 Å². The summed E-state index contributed by atoms with van der Waals surface area (Å²) < 4.78 is 0. The molecule has 0 N–H and O–H groups in total. The number of azo groups is 1. The number of carbonyl (C=O) groups is 1. The van der Waals surface area contributed by atoms with Crippen molar-refractivity contribution >= 4 is 34.7 Å². The van der Waals surface area contributed by atoms with Crippen molar-refractivity contribution in [1.29, 1.82) is 0 Å². The van der Waals surface area contributed by atoms with Crippen molar-refractivity contribution < 1.29 is 4.79 Å². The van der Waals surface area contributed by atoms with E-state index in [1.807, 2.05) is 24.3 Å². The highest BCUT2D eigenvalue weighted by atomic mass is 16.1. The lowest BCUT2D eigenvalue weighted by atomic mass is 10.0. The molecular formula is C37H27N3O. The molecular weight excluding hydrogens is 502 g/mol. The van der Waals surface area contributed by atoms with Crippen LogP contribution in [0.5, 0.6) is 0 Å². The Bertz CT molecular complexity index is 1660. The minimum atomic E-state index is 0.613. The number of carbonyl (C=O) groups excluding carboxylic acids is 1. The average Bonchev–Trinajstić information content (AvgIpc) is 3.06. The molecule has 6 aromatic carbocycles. The molecule has 41 heavy (non-hydrogen) atoms. The molecule has 0 radical (unpaired) electrons. The van der Waals surface area contributed by atoms with Crippen LogP contribution in [0.2, 0.25) is 0 Å². The van der Waals surface area contributed by atoms with Crippen LogP contribution in [0.15, 0.2) is 168 Å². The van der Waals surface area contributed by atoms with E-state index in [9.17, 15) is 4.79 Å². The maximum Gasteiger partial charge on any atom is 0.150 e. The third-order valence-corrected chi connectivity index (χ3v) is 6.88. The zero-order chi connectivity index (χ0) is 27.9. The summed E-state index contributed by atoms with van der Waals surface area (Å²) in [5, 5.41) is 8.70. The molecule has 6 aromatic rings. The van der Waals surface area contributed by atoms with Gasteiger partial charge in [-0.3, -0.25) is 4.79 Å². The average molecular weight is 530 g/mol. The number of nitrogens with zero attached hydrogens (tertiary/aromatic N) is 3. The second-order valence-corrected chi connectivity index (χ2v) is 9.59. The molecule has 0 saturated heterocycles. The highest BCUT2D eigenvalue weighted by molar-refractivity contribution is 5.80. The van der Waals surface area contributed by atoms with Gasteiger partial charge in [0.1, 0.15) is 6.29 Å². The fraction of sp³-hybridized carbons (Fsp3) is 0. The van der Waals surface area contributed by atoms with Gasteiger partial charge in [0.2, 0.25) is 0 Å². The monoisotopic (exact) mass is 529 g/mol. The van der Waals surface area contributed by atoms with E-state index in [0.29, 0.717) is 11.3 Å². The van der Waals surface area contributed by atoms with Crippen molar-refractivity contribution in [2.24, 2.45) is 10.2 Å².